The van der Waals surface area contributed by atoms with E-state index >= 15 is 0 Å². The minimum absolute atomic E-state index is 0.0668. The van der Waals surface area contributed by atoms with E-state index in [1.807, 2.05) is 31.4 Å². The van der Waals surface area contributed by atoms with Crippen LogP contribution in [0.15, 0.2) is 17.5 Å². The van der Waals surface area contributed by atoms with E-state index in [0.29, 0.717) is 19.6 Å². The van der Waals surface area contributed by atoms with Gasteiger partial charge in [0.15, 0.2) is 0 Å². The highest BCUT2D eigenvalue weighted by Gasteiger charge is 2.14. The number of carbonyl (C=O) groups is 2. The number of urea groups is 1. The van der Waals surface area contributed by atoms with Crippen LogP contribution in [0.1, 0.15) is 25.1 Å². The van der Waals surface area contributed by atoms with Gasteiger partial charge >= 0.3 is 12.0 Å². The third-order valence-corrected chi connectivity index (χ3v) is 3.58. The van der Waals surface area contributed by atoms with Crippen molar-refractivity contribution in [1.82, 2.24) is 10.2 Å². The van der Waals surface area contributed by atoms with Crippen LogP contribution in [0.2, 0.25) is 0 Å². The Morgan fingerprint density at radius 3 is 2.79 bits per heavy atom. The number of carbonyl (C=O) groups excluding carboxylic acids is 1. The lowest BCUT2D eigenvalue weighted by atomic mass is 10.1. The fraction of sp³-hybridized carbons (Fsp3) is 0.538. The van der Waals surface area contributed by atoms with Gasteiger partial charge in [-0.3, -0.25) is 4.79 Å². The molecular weight excluding hydrogens is 264 g/mol. The van der Waals surface area contributed by atoms with Crippen LogP contribution in [0.5, 0.6) is 0 Å². The minimum atomic E-state index is -0.840. The molecule has 0 radical (unpaired) electrons. The molecule has 0 aliphatic rings. The minimum Gasteiger partial charge on any atom is -0.481 e. The normalized spacial score (nSPS) is 11.9. The van der Waals surface area contributed by atoms with Crippen molar-refractivity contribution in [3.8, 4) is 0 Å². The summed E-state index contributed by atoms with van der Waals surface area (Å²) in [5.74, 6) is -0.908. The Morgan fingerprint density at radius 2 is 2.26 bits per heavy atom. The Hall–Kier alpha value is -1.56. The number of hydrogen-bond acceptors (Lipinski definition) is 3. The molecule has 6 heteroatoms. The van der Waals surface area contributed by atoms with Crippen molar-refractivity contribution in [2.75, 3.05) is 13.1 Å². The highest BCUT2D eigenvalue weighted by molar-refractivity contribution is 7.09. The predicted octanol–water partition coefficient (Wildman–Crippen LogP) is 2.39. The average molecular weight is 284 g/mol. The largest absolute Gasteiger partial charge is 0.481 e. The van der Waals surface area contributed by atoms with Crippen molar-refractivity contribution in [2.45, 2.75) is 26.8 Å². The summed E-state index contributed by atoms with van der Waals surface area (Å²) in [4.78, 5) is 25.3. The maximum Gasteiger partial charge on any atom is 0.317 e. The van der Waals surface area contributed by atoms with Gasteiger partial charge in [-0.1, -0.05) is 13.0 Å². The fourth-order valence-corrected chi connectivity index (χ4v) is 2.38. The van der Waals surface area contributed by atoms with Gasteiger partial charge in [-0.2, -0.15) is 0 Å². The maximum atomic E-state index is 12.0. The summed E-state index contributed by atoms with van der Waals surface area (Å²) in [7, 11) is 0. The lowest BCUT2D eigenvalue weighted by Crippen LogP contribution is -2.41. The molecule has 0 saturated carbocycles. The number of carboxylic acid groups (broad SMARTS) is 1. The molecule has 106 valence electrons. The Morgan fingerprint density at radius 1 is 1.53 bits per heavy atom. The number of thiophene rings is 1. The Balaban J connectivity index is 2.39. The second kappa shape index (κ2) is 7.78. The number of amides is 2. The van der Waals surface area contributed by atoms with E-state index < -0.39 is 5.97 Å². The first-order chi connectivity index (χ1) is 9.02. The van der Waals surface area contributed by atoms with Crippen LogP contribution < -0.4 is 5.32 Å². The smallest absolute Gasteiger partial charge is 0.317 e. The molecule has 0 saturated heterocycles. The molecule has 19 heavy (non-hydrogen) atoms. The Bertz CT molecular complexity index is 406. The van der Waals surface area contributed by atoms with Gasteiger partial charge in [0.2, 0.25) is 0 Å². The first-order valence-electron chi connectivity index (χ1n) is 6.29. The molecule has 0 aliphatic carbocycles. The number of aliphatic carboxylic acids is 1. The summed E-state index contributed by atoms with van der Waals surface area (Å²) in [5, 5.41) is 13.4. The maximum absolute atomic E-state index is 12.0. The average Bonchev–Trinajstić information content (AvgIpc) is 2.85. The summed E-state index contributed by atoms with van der Waals surface area (Å²) >= 11 is 1.62. The van der Waals surface area contributed by atoms with Gasteiger partial charge < -0.3 is 15.3 Å². The lowest BCUT2D eigenvalue weighted by molar-refractivity contribution is -0.137. The number of nitrogens with one attached hydrogen (secondary N) is 1. The molecule has 0 aromatic carbocycles. The SMILES string of the molecule is CCN(Cc1cccs1)C(=O)NCC(C)CC(=O)O. The zero-order chi connectivity index (χ0) is 14.3. The standard InChI is InChI=1S/C13H20N2O3S/c1-3-15(9-11-5-4-6-19-11)13(18)14-8-10(2)7-12(16)17/h4-6,10H,3,7-9H2,1-2H3,(H,14,18)(H,16,17). The van der Waals surface area contributed by atoms with Gasteiger partial charge in [0.05, 0.1) is 6.54 Å². The topological polar surface area (TPSA) is 69.6 Å². The molecule has 0 bridgehead atoms. The molecular formula is C13H20N2O3S. The second-order valence-electron chi connectivity index (χ2n) is 4.48. The van der Waals surface area contributed by atoms with Crippen LogP contribution in [-0.4, -0.2) is 35.1 Å². The molecule has 1 heterocycles. The van der Waals surface area contributed by atoms with Crippen LogP contribution >= 0.6 is 11.3 Å². The van der Waals surface area contributed by atoms with Crippen LogP contribution in [0.3, 0.4) is 0 Å². The third-order valence-electron chi connectivity index (χ3n) is 2.72. The summed E-state index contributed by atoms with van der Waals surface area (Å²) < 4.78 is 0. The number of carboxylic acids is 1. The molecule has 2 amide bonds. The lowest BCUT2D eigenvalue weighted by Gasteiger charge is -2.21. The molecule has 1 atom stereocenters. The molecule has 0 spiro atoms. The van der Waals surface area contributed by atoms with E-state index in [1.165, 1.54) is 0 Å². The summed E-state index contributed by atoms with van der Waals surface area (Å²) in [5.41, 5.74) is 0. The van der Waals surface area contributed by atoms with E-state index in [9.17, 15) is 9.59 Å². The van der Waals surface area contributed by atoms with Gasteiger partial charge in [0, 0.05) is 24.4 Å². The predicted molar refractivity (Wildman–Crippen MR) is 75.2 cm³/mol. The van der Waals surface area contributed by atoms with Gasteiger partial charge in [0.25, 0.3) is 0 Å². The van der Waals surface area contributed by atoms with Crippen molar-refractivity contribution in [2.24, 2.45) is 5.92 Å². The molecule has 1 rings (SSSR count). The molecule has 1 unspecified atom stereocenters. The van der Waals surface area contributed by atoms with Crippen molar-refractivity contribution >= 4 is 23.3 Å². The molecule has 1 aromatic heterocycles. The first kappa shape index (κ1) is 15.5. The van der Waals surface area contributed by atoms with Gasteiger partial charge in [-0.05, 0) is 24.3 Å². The van der Waals surface area contributed by atoms with Crippen molar-refractivity contribution in [1.29, 1.82) is 0 Å². The van der Waals surface area contributed by atoms with E-state index in [-0.39, 0.29) is 18.4 Å². The van der Waals surface area contributed by atoms with Crippen LogP contribution in [0.4, 0.5) is 4.79 Å². The zero-order valence-corrected chi connectivity index (χ0v) is 12.1. The quantitative estimate of drug-likeness (QED) is 0.807. The van der Waals surface area contributed by atoms with Gasteiger partial charge in [-0.25, -0.2) is 4.79 Å². The molecule has 2 N–H and O–H groups in total. The highest BCUT2D eigenvalue weighted by Crippen LogP contribution is 2.11. The van der Waals surface area contributed by atoms with Crippen LogP contribution in [-0.2, 0) is 11.3 Å². The Kier molecular flexibility index (Phi) is 6.35. The third kappa shape index (κ3) is 5.74. The Labute approximate surface area is 117 Å². The van der Waals surface area contributed by atoms with E-state index in [2.05, 4.69) is 5.32 Å². The fourth-order valence-electron chi connectivity index (χ4n) is 1.66. The second-order valence-corrected chi connectivity index (χ2v) is 5.51. The number of nitrogens with zero attached hydrogens (tertiary/aromatic N) is 1. The first-order valence-corrected chi connectivity index (χ1v) is 7.17. The molecule has 1 aromatic rings. The van der Waals surface area contributed by atoms with E-state index in [1.54, 1.807) is 16.2 Å². The van der Waals surface area contributed by atoms with Crippen LogP contribution in [0.25, 0.3) is 0 Å². The van der Waals surface area contributed by atoms with Gasteiger partial charge in [-0.15, -0.1) is 11.3 Å². The molecule has 5 nitrogen and oxygen atoms in total. The summed E-state index contributed by atoms with van der Waals surface area (Å²) in [6, 6.07) is 3.81. The summed E-state index contributed by atoms with van der Waals surface area (Å²) in [6.45, 7) is 5.33. The van der Waals surface area contributed by atoms with Crippen molar-refractivity contribution in [3.63, 3.8) is 0 Å². The van der Waals surface area contributed by atoms with E-state index in [4.69, 9.17) is 5.11 Å². The molecule has 0 fully saturated rings. The van der Waals surface area contributed by atoms with Gasteiger partial charge in [0.1, 0.15) is 0 Å². The van der Waals surface area contributed by atoms with Crippen molar-refractivity contribution in [3.05, 3.63) is 22.4 Å². The highest BCUT2D eigenvalue weighted by atomic mass is 32.1. The van der Waals surface area contributed by atoms with Crippen molar-refractivity contribution < 1.29 is 14.7 Å². The summed E-state index contributed by atoms with van der Waals surface area (Å²) in [6.07, 6.45) is 0.0668. The zero-order valence-electron chi connectivity index (χ0n) is 11.3. The number of hydrogen-bond donors (Lipinski definition) is 2. The van der Waals surface area contributed by atoms with Crippen LogP contribution in [0, 0.1) is 5.92 Å². The monoisotopic (exact) mass is 284 g/mol. The van der Waals surface area contributed by atoms with E-state index in [0.717, 1.165) is 4.88 Å². The molecule has 0 aliphatic heterocycles. The number of rotatable bonds is 7.